The van der Waals surface area contributed by atoms with Crippen LogP contribution >= 0.6 is 11.8 Å². The lowest BCUT2D eigenvalue weighted by Crippen LogP contribution is -2.06. The van der Waals surface area contributed by atoms with Crippen LogP contribution in [-0.2, 0) is 5.75 Å². The summed E-state index contributed by atoms with van der Waals surface area (Å²) in [6.07, 6.45) is 0. The first-order valence-corrected chi connectivity index (χ1v) is 10.5. The highest BCUT2D eigenvalue weighted by Crippen LogP contribution is 2.30. The molecule has 29 heavy (non-hydrogen) atoms. The van der Waals surface area contributed by atoms with Crippen molar-refractivity contribution in [2.75, 3.05) is 0 Å². The summed E-state index contributed by atoms with van der Waals surface area (Å²) in [7, 11) is 0. The molecule has 1 N–H and O–H groups in total. The van der Waals surface area contributed by atoms with Gasteiger partial charge in [-0.15, -0.1) is 10.2 Å². The number of nitrogens with one attached hydrogen (secondary N) is 1. The SMILES string of the molecule is Cc1cc2cc(C)c3nnc(SCc4cc(=O)[nH]c5ccccc45)n3c2cc1C. The molecule has 0 aliphatic heterocycles. The molecule has 144 valence electrons. The van der Waals surface area contributed by atoms with Gasteiger partial charge >= 0.3 is 0 Å². The van der Waals surface area contributed by atoms with Gasteiger partial charge in [0.25, 0.3) is 0 Å². The standard InChI is InChI=1S/C23H20N4OS/c1-13-8-16-9-15(3)22-25-26-23(27(22)20(16)10-14(13)2)29-12-17-11-21(28)24-19-7-5-4-6-18(17)19/h4-11H,12H2,1-3H3,(H,24,28). The minimum atomic E-state index is -0.0854. The molecule has 0 radical (unpaired) electrons. The number of para-hydroxylation sites is 1. The molecule has 3 heterocycles. The maximum atomic E-state index is 12.1. The molecule has 0 bridgehead atoms. The van der Waals surface area contributed by atoms with Crippen molar-refractivity contribution in [3.8, 4) is 0 Å². The first-order valence-electron chi connectivity index (χ1n) is 9.51. The maximum Gasteiger partial charge on any atom is 0.248 e. The summed E-state index contributed by atoms with van der Waals surface area (Å²) in [6, 6.07) is 16.2. The number of pyridine rings is 2. The number of aromatic amines is 1. The zero-order valence-electron chi connectivity index (χ0n) is 16.5. The summed E-state index contributed by atoms with van der Waals surface area (Å²) >= 11 is 1.60. The Morgan fingerprint density at radius 2 is 1.72 bits per heavy atom. The van der Waals surface area contributed by atoms with Crippen molar-refractivity contribution in [3.63, 3.8) is 0 Å². The van der Waals surface area contributed by atoms with Gasteiger partial charge in [-0.25, -0.2) is 0 Å². The van der Waals surface area contributed by atoms with Crippen molar-refractivity contribution in [2.45, 2.75) is 31.7 Å². The Morgan fingerprint density at radius 3 is 2.59 bits per heavy atom. The van der Waals surface area contributed by atoms with Gasteiger partial charge in [0.05, 0.1) is 5.52 Å². The molecule has 0 saturated heterocycles. The molecule has 0 aliphatic rings. The molecule has 5 rings (SSSR count). The highest BCUT2D eigenvalue weighted by atomic mass is 32.2. The number of benzene rings is 2. The summed E-state index contributed by atoms with van der Waals surface area (Å²) < 4.78 is 2.14. The predicted octanol–water partition coefficient (Wildman–Crippen LogP) is 4.94. The molecule has 0 aliphatic carbocycles. The van der Waals surface area contributed by atoms with Crippen molar-refractivity contribution < 1.29 is 0 Å². The Bertz CT molecular complexity index is 1470. The summed E-state index contributed by atoms with van der Waals surface area (Å²) in [4.78, 5) is 15.0. The van der Waals surface area contributed by atoms with E-state index in [1.165, 1.54) is 16.5 Å². The number of H-pyrrole nitrogens is 1. The van der Waals surface area contributed by atoms with Crippen molar-refractivity contribution in [1.29, 1.82) is 0 Å². The molecule has 0 saturated carbocycles. The largest absolute Gasteiger partial charge is 0.322 e. The first-order chi connectivity index (χ1) is 14.0. The van der Waals surface area contributed by atoms with Crippen molar-refractivity contribution in [1.82, 2.24) is 19.6 Å². The Labute approximate surface area is 171 Å². The van der Waals surface area contributed by atoms with E-state index in [0.29, 0.717) is 5.75 Å². The van der Waals surface area contributed by atoms with Crippen LogP contribution in [0.4, 0.5) is 0 Å². The summed E-state index contributed by atoms with van der Waals surface area (Å²) in [6.45, 7) is 6.32. The van der Waals surface area contributed by atoms with Gasteiger partial charge in [-0.2, -0.15) is 0 Å². The van der Waals surface area contributed by atoms with E-state index in [0.717, 1.165) is 38.4 Å². The van der Waals surface area contributed by atoms with E-state index in [9.17, 15) is 4.79 Å². The quantitative estimate of drug-likeness (QED) is 0.436. The van der Waals surface area contributed by atoms with E-state index >= 15 is 0 Å². The fourth-order valence-electron chi connectivity index (χ4n) is 3.80. The van der Waals surface area contributed by atoms with Crippen LogP contribution in [0, 0.1) is 20.8 Å². The third kappa shape index (κ3) is 3.00. The third-order valence-corrected chi connectivity index (χ3v) is 6.41. The van der Waals surface area contributed by atoms with Gasteiger partial charge in [0, 0.05) is 22.7 Å². The minimum absolute atomic E-state index is 0.0854. The van der Waals surface area contributed by atoms with E-state index in [-0.39, 0.29) is 5.56 Å². The van der Waals surface area contributed by atoms with E-state index in [2.05, 4.69) is 58.6 Å². The molecule has 0 unspecified atom stereocenters. The molecule has 3 aromatic heterocycles. The van der Waals surface area contributed by atoms with E-state index in [1.54, 1.807) is 17.8 Å². The average Bonchev–Trinajstić information content (AvgIpc) is 3.12. The molecule has 6 heteroatoms. The molecule has 2 aromatic carbocycles. The van der Waals surface area contributed by atoms with Crippen molar-refractivity contribution >= 4 is 39.2 Å². The Hall–Kier alpha value is -3.12. The van der Waals surface area contributed by atoms with E-state index < -0.39 is 0 Å². The highest BCUT2D eigenvalue weighted by molar-refractivity contribution is 7.98. The zero-order chi connectivity index (χ0) is 20.1. The Balaban J connectivity index is 1.64. The molecule has 0 spiro atoms. The van der Waals surface area contributed by atoms with E-state index in [1.807, 2.05) is 24.3 Å². The molecule has 0 amide bonds. The van der Waals surface area contributed by atoms with Crippen LogP contribution in [0.15, 0.2) is 58.5 Å². The maximum absolute atomic E-state index is 12.1. The number of nitrogens with zero attached hydrogens (tertiary/aromatic N) is 3. The van der Waals surface area contributed by atoms with Gasteiger partial charge in [-0.1, -0.05) is 30.0 Å². The summed E-state index contributed by atoms with van der Waals surface area (Å²) in [5.41, 5.74) is 7.36. The van der Waals surface area contributed by atoms with Crippen molar-refractivity contribution in [2.24, 2.45) is 0 Å². The zero-order valence-corrected chi connectivity index (χ0v) is 17.3. The first kappa shape index (κ1) is 17.9. The number of fused-ring (bicyclic) bond motifs is 4. The van der Waals surface area contributed by atoms with Crippen LogP contribution in [0.25, 0.3) is 27.5 Å². The van der Waals surface area contributed by atoms with Crippen LogP contribution in [0.1, 0.15) is 22.3 Å². The smallest absolute Gasteiger partial charge is 0.248 e. The van der Waals surface area contributed by atoms with Crippen LogP contribution in [0.5, 0.6) is 0 Å². The van der Waals surface area contributed by atoms with Crippen LogP contribution in [-0.4, -0.2) is 19.6 Å². The van der Waals surface area contributed by atoms with Crippen LogP contribution in [0.3, 0.4) is 0 Å². The second-order valence-corrected chi connectivity index (χ2v) is 8.40. The topological polar surface area (TPSA) is 63.0 Å². The molecule has 5 aromatic rings. The Kier molecular flexibility index (Phi) is 4.17. The molecule has 0 atom stereocenters. The summed E-state index contributed by atoms with van der Waals surface area (Å²) in [5, 5.41) is 12.0. The van der Waals surface area contributed by atoms with Gasteiger partial charge in [0.1, 0.15) is 0 Å². The fraction of sp³-hybridized carbons (Fsp3) is 0.174. The Morgan fingerprint density at radius 1 is 0.966 bits per heavy atom. The number of hydrogen-bond acceptors (Lipinski definition) is 4. The van der Waals surface area contributed by atoms with Gasteiger partial charge in [0.15, 0.2) is 10.8 Å². The lowest BCUT2D eigenvalue weighted by molar-refractivity contribution is 0.939. The van der Waals surface area contributed by atoms with Crippen LogP contribution < -0.4 is 5.56 Å². The normalized spacial score (nSPS) is 11.7. The average molecular weight is 401 g/mol. The van der Waals surface area contributed by atoms with Gasteiger partial charge in [-0.3, -0.25) is 9.20 Å². The molecule has 5 nitrogen and oxygen atoms in total. The molecular formula is C23H20N4OS. The van der Waals surface area contributed by atoms with Gasteiger partial charge in [-0.05, 0) is 72.7 Å². The highest BCUT2D eigenvalue weighted by Gasteiger charge is 2.14. The van der Waals surface area contributed by atoms with Crippen molar-refractivity contribution in [3.05, 3.63) is 81.1 Å². The number of aromatic nitrogens is 4. The third-order valence-electron chi connectivity index (χ3n) is 5.43. The second-order valence-electron chi connectivity index (χ2n) is 7.46. The van der Waals surface area contributed by atoms with Gasteiger partial charge < -0.3 is 4.98 Å². The van der Waals surface area contributed by atoms with Gasteiger partial charge in [0.2, 0.25) is 5.56 Å². The second kappa shape index (κ2) is 6.74. The van der Waals surface area contributed by atoms with E-state index in [4.69, 9.17) is 0 Å². The molecular weight excluding hydrogens is 380 g/mol. The minimum Gasteiger partial charge on any atom is -0.322 e. The molecule has 0 fully saturated rings. The number of thioether (sulfide) groups is 1. The summed E-state index contributed by atoms with van der Waals surface area (Å²) in [5.74, 6) is 0.644. The number of rotatable bonds is 3. The fourth-order valence-corrected chi connectivity index (χ4v) is 4.74. The lowest BCUT2D eigenvalue weighted by Gasteiger charge is -2.10. The monoisotopic (exact) mass is 400 g/mol. The number of aryl methyl sites for hydroxylation is 3. The van der Waals surface area contributed by atoms with Crippen LogP contribution in [0.2, 0.25) is 0 Å². The predicted molar refractivity (Wildman–Crippen MR) is 119 cm³/mol. The lowest BCUT2D eigenvalue weighted by atomic mass is 10.0. The number of hydrogen-bond donors (Lipinski definition) is 1.